The molecular weight excluding hydrogens is 278 g/mol. The van der Waals surface area contributed by atoms with Gasteiger partial charge in [0.05, 0.1) is 20.3 Å². The van der Waals surface area contributed by atoms with Crippen molar-refractivity contribution in [2.24, 2.45) is 5.73 Å². The van der Waals surface area contributed by atoms with E-state index >= 15 is 0 Å². The molecule has 0 aromatic heterocycles. The molecule has 4 nitrogen and oxygen atoms in total. The molecular formula is C18H21NO3. The summed E-state index contributed by atoms with van der Waals surface area (Å²) in [6, 6.07) is 13.9. The number of rotatable bonds is 4. The van der Waals surface area contributed by atoms with Crippen LogP contribution >= 0.6 is 0 Å². The highest BCUT2D eigenvalue weighted by molar-refractivity contribution is 5.44. The molecule has 0 bridgehead atoms. The molecule has 2 aromatic carbocycles. The maximum atomic E-state index is 6.34. The predicted molar refractivity (Wildman–Crippen MR) is 85.7 cm³/mol. The van der Waals surface area contributed by atoms with E-state index in [1.54, 1.807) is 7.11 Å². The quantitative estimate of drug-likeness (QED) is 0.942. The van der Waals surface area contributed by atoms with Gasteiger partial charge in [0.1, 0.15) is 5.75 Å². The SMILES string of the molecule is COc1ccc(CC(N)c2ccc3c(c2)OCCCO3)cc1. The van der Waals surface area contributed by atoms with Gasteiger partial charge >= 0.3 is 0 Å². The van der Waals surface area contributed by atoms with Crippen LogP contribution in [0.15, 0.2) is 42.5 Å². The third-order valence-corrected chi connectivity index (χ3v) is 3.81. The maximum absolute atomic E-state index is 6.34. The van der Waals surface area contributed by atoms with Crippen molar-refractivity contribution in [1.29, 1.82) is 0 Å². The van der Waals surface area contributed by atoms with Crippen LogP contribution in [0.1, 0.15) is 23.6 Å². The summed E-state index contributed by atoms with van der Waals surface area (Å²) in [5.41, 5.74) is 8.58. The molecule has 0 fully saturated rings. The van der Waals surface area contributed by atoms with Crippen molar-refractivity contribution in [3.05, 3.63) is 53.6 Å². The summed E-state index contributed by atoms with van der Waals surface area (Å²) < 4.78 is 16.5. The Bertz CT molecular complexity index is 625. The van der Waals surface area contributed by atoms with Crippen molar-refractivity contribution in [3.63, 3.8) is 0 Å². The molecule has 0 saturated carbocycles. The minimum Gasteiger partial charge on any atom is -0.497 e. The third kappa shape index (κ3) is 3.34. The van der Waals surface area contributed by atoms with E-state index in [0.717, 1.165) is 35.7 Å². The van der Waals surface area contributed by atoms with Crippen molar-refractivity contribution in [1.82, 2.24) is 0 Å². The predicted octanol–water partition coefficient (Wildman–Crippen LogP) is 3.10. The molecule has 0 aliphatic carbocycles. The van der Waals surface area contributed by atoms with Crippen molar-refractivity contribution in [3.8, 4) is 17.2 Å². The van der Waals surface area contributed by atoms with Gasteiger partial charge in [-0.1, -0.05) is 18.2 Å². The first-order valence-corrected chi connectivity index (χ1v) is 7.54. The molecule has 2 aromatic rings. The van der Waals surface area contributed by atoms with Crippen LogP contribution in [0.25, 0.3) is 0 Å². The van der Waals surface area contributed by atoms with E-state index in [-0.39, 0.29) is 6.04 Å². The molecule has 3 rings (SSSR count). The minimum atomic E-state index is -0.0782. The van der Waals surface area contributed by atoms with E-state index < -0.39 is 0 Å². The molecule has 22 heavy (non-hydrogen) atoms. The van der Waals surface area contributed by atoms with Crippen molar-refractivity contribution in [2.75, 3.05) is 20.3 Å². The Morgan fingerprint density at radius 3 is 2.50 bits per heavy atom. The van der Waals surface area contributed by atoms with Crippen molar-refractivity contribution in [2.45, 2.75) is 18.9 Å². The summed E-state index contributed by atoms with van der Waals surface area (Å²) in [4.78, 5) is 0. The molecule has 0 spiro atoms. The summed E-state index contributed by atoms with van der Waals surface area (Å²) in [6.45, 7) is 1.38. The second kappa shape index (κ2) is 6.71. The summed E-state index contributed by atoms with van der Waals surface area (Å²) in [7, 11) is 1.67. The van der Waals surface area contributed by atoms with Gasteiger partial charge in [-0.25, -0.2) is 0 Å². The third-order valence-electron chi connectivity index (χ3n) is 3.81. The molecule has 1 heterocycles. The molecule has 4 heteroatoms. The first-order chi connectivity index (χ1) is 10.8. The van der Waals surface area contributed by atoms with E-state index in [2.05, 4.69) is 0 Å². The monoisotopic (exact) mass is 299 g/mol. The lowest BCUT2D eigenvalue weighted by Crippen LogP contribution is -2.13. The number of methoxy groups -OCH3 is 1. The second-order valence-corrected chi connectivity index (χ2v) is 5.42. The smallest absolute Gasteiger partial charge is 0.161 e. The van der Waals surface area contributed by atoms with Gasteiger partial charge in [0.2, 0.25) is 0 Å². The topological polar surface area (TPSA) is 53.7 Å². The Morgan fingerprint density at radius 2 is 1.77 bits per heavy atom. The van der Waals surface area contributed by atoms with Crippen LogP contribution in [0, 0.1) is 0 Å². The van der Waals surface area contributed by atoms with E-state index in [1.807, 2.05) is 42.5 Å². The van der Waals surface area contributed by atoms with Crippen molar-refractivity contribution >= 4 is 0 Å². The fraction of sp³-hybridized carbons (Fsp3) is 0.333. The van der Waals surface area contributed by atoms with Gasteiger partial charge in [-0.2, -0.15) is 0 Å². The first kappa shape index (κ1) is 14.7. The van der Waals surface area contributed by atoms with E-state index in [1.165, 1.54) is 5.56 Å². The van der Waals surface area contributed by atoms with E-state index in [9.17, 15) is 0 Å². The van der Waals surface area contributed by atoms with Crippen LogP contribution in [-0.4, -0.2) is 20.3 Å². The van der Waals surface area contributed by atoms with Gasteiger partial charge in [0.15, 0.2) is 11.5 Å². The summed E-state index contributed by atoms with van der Waals surface area (Å²) in [5, 5.41) is 0. The van der Waals surface area contributed by atoms with Crippen LogP contribution < -0.4 is 19.9 Å². The van der Waals surface area contributed by atoms with Crippen LogP contribution in [0.2, 0.25) is 0 Å². The fourth-order valence-electron chi connectivity index (χ4n) is 2.54. The molecule has 2 N–H and O–H groups in total. The molecule has 1 atom stereocenters. The largest absolute Gasteiger partial charge is 0.497 e. The van der Waals surface area contributed by atoms with Gasteiger partial charge in [-0.05, 0) is 41.8 Å². The average Bonchev–Trinajstić information content (AvgIpc) is 2.80. The number of hydrogen-bond acceptors (Lipinski definition) is 4. The molecule has 0 saturated heterocycles. The highest BCUT2D eigenvalue weighted by Gasteiger charge is 2.14. The Hall–Kier alpha value is -2.20. The zero-order valence-corrected chi connectivity index (χ0v) is 12.7. The number of benzene rings is 2. The molecule has 0 radical (unpaired) electrons. The number of nitrogens with two attached hydrogens (primary N) is 1. The number of fused-ring (bicyclic) bond motifs is 1. The Morgan fingerprint density at radius 1 is 1.05 bits per heavy atom. The van der Waals surface area contributed by atoms with Gasteiger partial charge < -0.3 is 19.9 Å². The van der Waals surface area contributed by atoms with E-state index in [4.69, 9.17) is 19.9 Å². The molecule has 1 aliphatic rings. The summed E-state index contributed by atoms with van der Waals surface area (Å²) in [5.74, 6) is 2.45. The normalized spacial score (nSPS) is 15.0. The summed E-state index contributed by atoms with van der Waals surface area (Å²) in [6.07, 6.45) is 1.67. The lowest BCUT2D eigenvalue weighted by molar-refractivity contribution is 0.297. The lowest BCUT2D eigenvalue weighted by Gasteiger charge is -2.15. The van der Waals surface area contributed by atoms with Crippen LogP contribution in [0.5, 0.6) is 17.2 Å². The standard InChI is InChI=1S/C18H21NO3/c1-20-15-6-3-13(4-7-15)11-16(19)14-5-8-17-18(12-14)22-10-2-9-21-17/h3-8,12,16H,2,9-11,19H2,1H3. The Kier molecular flexibility index (Phi) is 4.49. The Balaban J connectivity index is 1.73. The highest BCUT2D eigenvalue weighted by atomic mass is 16.5. The highest BCUT2D eigenvalue weighted by Crippen LogP contribution is 2.32. The van der Waals surface area contributed by atoms with Gasteiger partial charge in [0, 0.05) is 12.5 Å². The van der Waals surface area contributed by atoms with Crippen LogP contribution in [-0.2, 0) is 6.42 Å². The van der Waals surface area contributed by atoms with E-state index in [0.29, 0.717) is 13.2 Å². The zero-order valence-electron chi connectivity index (χ0n) is 12.7. The fourth-order valence-corrected chi connectivity index (χ4v) is 2.54. The summed E-state index contributed by atoms with van der Waals surface area (Å²) >= 11 is 0. The molecule has 0 amide bonds. The van der Waals surface area contributed by atoms with Crippen LogP contribution in [0.3, 0.4) is 0 Å². The average molecular weight is 299 g/mol. The lowest BCUT2D eigenvalue weighted by atomic mass is 9.99. The van der Waals surface area contributed by atoms with Gasteiger partial charge in [-0.3, -0.25) is 0 Å². The van der Waals surface area contributed by atoms with Gasteiger partial charge in [0.25, 0.3) is 0 Å². The van der Waals surface area contributed by atoms with Gasteiger partial charge in [-0.15, -0.1) is 0 Å². The molecule has 1 unspecified atom stereocenters. The first-order valence-electron chi connectivity index (χ1n) is 7.54. The maximum Gasteiger partial charge on any atom is 0.161 e. The number of ether oxygens (including phenoxy) is 3. The van der Waals surface area contributed by atoms with Crippen molar-refractivity contribution < 1.29 is 14.2 Å². The Labute approximate surface area is 130 Å². The minimum absolute atomic E-state index is 0.0782. The number of hydrogen-bond donors (Lipinski definition) is 1. The second-order valence-electron chi connectivity index (χ2n) is 5.42. The molecule has 116 valence electrons. The zero-order chi connectivity index (χ0) is 15.4. The van der Waals surface area contributed by atoms with Crippen LogP contribution in [0.4, 0.5) is 0 Å². The molecule has 1 aliphatic heterocycles.